The van der Waals surface area contributed by atoms with Gasteiger partial charge in [0.25, 0.3) is 5.56 Å². The average Bonchev–Trinajstić information content (AvgIpc) is 3.49. The van der Waals surface area contributed by atoms with Crippen molar-refractivity contribution in [3.8, 4) is 0 Å². The van der Waals surface area contributed by atoms with Gasteiger partial charge < -0.3 is 10.3 Å². The van der Waals surface area contributed by atoms with E-state index in [9.17, 15) is 9.59 Å². The van der Waals surface area contributed by atoms with Crippen LogP contribution in [0, 0.1) is 0 Å². The van der Waals surface area contributed by atoms with Gasteiger partial charge in [-0.2, -0.15) is 16.9 Å². The summed E-state index contributed by atoms with van der Waals surface area (Å²) in [5.74, 6) is 1.99. The molecule has 0 atom stereocenters. The quantitative estimate of drug-likeness (QED) is 0.343. The minimum absolute atomic E-state index is 0.0200. The number of amides is 1. The van der Waals surface area contributed by atoms with Gasteiger partial charge in [0.2, 0.25) is 5.91 Å². The largest absolute Gasteiger partial charge is 0.352 e. The Morgan fingerprint density at radius 3 is 2.82 bits per heavy atom. The van der Waals surface area contributed by atoms with Gasteiger partial charge in [-0.25, -0.2) is 4.98 Å². The van der Waals surface area contributed by atoms with E-state index in [0.29, 0.717) is 30.3 Å². The molecule has 0 unspecified atom stereocenters. The van der Waals surface area contributed by atoms with Crippen molar-refractivity contribution in [1.29, 1.82) is 0 Å². The number of aromatic amines is 1. The Labute approximate surface area is 206 Å². The normalized spacial score (nSPS) is 13.2. The molecule has 1 aliphatic carbocycles. The van der Waals surface area contributed by atoms with Gasteiger partial charge in [-0.1, -0.05) is 24.3 Å². The number of thioether (sulfide) groups is 1. The molecule has 0 fully saturated rings. The first-order valence-corrected chi connectivity index (χ1v) is 13.6. The van der Waals surface area contributed by atoms with Crippen LogP contribution in [0.2, 0.25) is 0 Å². The SMILES string of the molecule is O=C(CCSCc1nc2sc3c(c2c(=O)[nH]1)CCCC3)NCc1ccc(Cn2cccn2)cc1. The van der Waals surface area contributed by atoms with E-state index in [2.05, 4.69) is 27.5 Å². The predicted octanol–water partition coefficient (Wildman–Crippen LogP) is 4.05. The first-order chi connectivity index (χ1) is 16.7. The number of hydrogen-bond donors (Lipinski definition) is 2. The molecule has 5 rings (SSSR count). The van der Waals surface area contributed by atoms with Crippen LogP contribution in [0.25, 0.3) is 10.2 Å². The summed E-state index contributed by atoms with van der Waals surface area (Å²) in [7, 11) is 0. The van der Waals surface area contributed by atoms with Gasteiger partial charge in [0.05, 0.1) is 17.7 Å². The van der Waals surface area contributed by atoms with Gasteiger partial charge in [0.15, 0.2) is 0 Å². The maximum Gasteiger partial charge on any atom is 0.259 e. The highest BCUT2D eigenvalue weighted by atomic mass is 32.2. The van der Waals surface area contributed by atoms with Gasteiger partial charge in [-0.15, -0.1) is 11.3 Å². The Hall–Kier alpha value is -2.91. The molecular formula is C25H27N5O2S2. The number of carbonyl (C=O) groups excluding carboxylic acids is 1. The number of nitrogens with one attached hydrogen (secondary N) is 2. The second kappa shape index (κ2) is 10.6. The molecule has 1 aliphatic rings. The highest BCUT2D eigenvalue weighted by molar-refractivity contribution is 7.98. The number of carbonyl (C=O) groups is 1. The number of nitrogens with zero attached hydrogens (tertiary/aromatic N) is 3. The van der Waals surface area contributed by atoms with Crippen molar-refractivity contribution in [3.05, 3.63) is 80.5 Å². The summed E-state index contributed by atoms with van der Waals surface area (Å²) in [4.78, 5) is 34.7. The lowest BCUT2D eigenvalue weighted by Crippen LogP contribution is -2.23. The monoisotopic (exact) mass is 493 g/mol. The van der Waals surface area contributed by atoms with Crippen molar-refractivity contribution in [2.75, 3.05) is 5.75 Å². The number of thiophene rings is 1. The molecule has 0 saturated heterocycles. The molecule has 0 spiro atoms. The summed E-state index contributed by atoms with van der Waals surface area (Å²) >= 11 is 3.28. The molecule has 0 aliphatic heterocycles. The van der Waals surface area contributed by atoms with Gasteiger partial charge in [-0.3, -0.25) is 14.3 Å². The molecule has 176 valence electrons. The number of hydrogen-bond acceptors (Lipinski definition) is 6. The third kappa shape index (κ3) is 5.42. The standard InChI is InChI=1S/C25H27N5O2S2/c31-22(26-14-17-6-8-18(9-7-17)15-30-12-3-11-27-30)10-13-33-16-21-28-24(32)23-19-4-1-2-5-20(19)34-25(23)29-21/h3,6-9,11-12H,1-2,4-5,10,13-16H2,(H,26,31)(H,28,29,32). The molecule has 2 N–H and O–H groups in total. The Morgan fingerprint density at radius 2 is 2.00 bits per heavy atom. The van der Waals surface area contributed by atoms with Crippen LogP contribution in [0.1, 0.15) is 46.7 Å². The van der Waals surface area contributed by atoms with E-state index in [0.717, 1.165) is 41.6 Å². The zero-order valence-corrected chi connectivity index (χ0v) is 20.5. The summed E-state index contributed by atoms with van der Waals surface area (Å²) in [6, 6.07) is 10.1. The van der Waals surface area contributed by atoms with Crippen molar-refractivity contribution in [3.63, 3.8) is 0 Å². The van der Waals surface area contributed by atoms with E-state index < -0.39 is 0 Å². The fourth-order valence-corrected chi connectivity index (χ4v) is 6.33. The van der Waals surface area contributed by atoms with Crippen molar-refractivity contribution in [2.24, 2.45) is 0 Å². The molecule has 1 aromatic carbocycles. The summed E-state index contributed by atoms with van der Waals surface area (Å²) in [5, 5.41) is 7.99. The minimum Gasteiger partial charge on any atom is -0.352 e. The van der Waals surface area contributed by atoms with Gasteiger partial charge >= 0.3 is 0 Å². The molecule has 0 bridgehead atoms. The lowest BCUT2D eigenvalue weighted by molar-refractivity contribution is -0.120. The highest BCUT2D eigenvalue weighted by Gasteiger charge is 2.19. The summed E-state index contributed by atoms with van der Waals surface area (Å²) in [6.45, 7) is 1.25. The molecule has 0 radical (unpaired) electrons. The Balaban J connectivity index is 1.06. The number of aromatic nitrogens is 4. The highest BCUT2D eigenvalue weighted by Crippen LogP contribution is 2.33. The smallest absolute Gasteiger partial charge is 0.259 e. The zero-order chi connectivity index (χ0) is 23.3. The molecule has 3 aromatic heterocycles. The first-order valence-electron chi connectivity index (χ1n) is 11.6. The maximum atomic E-state index is 12.6. The molecule has 0 saturated carbocycles. The van der Waals surface area contributed by atoms with Gasteiger partial charge in [0.1, 0.15) is 10.7 Å². The number of H-pyrrole nitrogens is 1. The zero-order valence-electron chi connectivity index (χ0n) is 18.9. The fourth-order valence-electron chi connectivity index (χ4n) is 4.24. The van der Waals surface area contributed by atoms with E-state index >= 15 is 0 Å². The van der Waals surface area contributed by atoms with Crippen molar-refractivity contribution >= 4 is 39.2 Å². The topological polar surface area (TPSA) is 92.7 Å². The molecule has 34 heavy (non-hydrogen) atoms. The van der Waals surface area contributed by atoms with Crippen LogP contribution in [0.5, 0.6) is 0 Å². The Bertz CT molecular complexity index is 1330. The third-order valence-corrected chi connectivity index (χ3v) is 8.16. The Kier molecular flexibility index (Phi) is 7.10. The van der Waals surface area contributed by atoms with E-state index in [4.69, 9.17) is 4.98 Å². The number of benzene rings is 1. The second-order valence-electron chi connectivity index (χ2n) is 8.50. The summed E-state index contributed by atoms with van der Waals surface area (Å²) in [5.41, 5.74) is 3.43. The molecule has 1 amide bonds. The van der Waals surface area contributed by atoms with Gasteiger partial charge in [-0.05, 0) is 48.4 Å². The molecule has 4 aromatic rings. The van der Waals surface area contributed by atoms with Crippen molar-refractivity contribution in [1.82, 2.24) is 25.1 Å². The lowest BCUT2D eigenvalue weighted by atomic mass is 9.97. The predicted molar refractivity (Wildman–Crippen MR) is 137 cm³/mol. The summed E-state index contributed by atoms with van der Waals surface area (Å²) in [6.07, 6.45) is 8.53. The fraction of sp³-hybridized carbons (Fsp3) is 0.360. The Morgan fingerprint density at radius 1 is 1.18 bits per heavy atom. The average molecular weight is 494 g/mol. The van der Waals surface area contributed by atoms with E-state index in [1.165, 1.54) is 22.4 Å². The van der Waals surface area contributed by atoms with Crippen molar-refractivity contribution < 1.29 is 4.79 Å². The van der Waals surface area contributed by atoms with Crippen LogP contribution >= 0.6 is 23.1 Å². The minimum atomic E-state index is -0.0200. The maximum absolute atomic E-state index is 12.6. The molecule has 7 nitrogen and oxygen atoms in total. The van der Waals surface area contributed by atoms with E-state index in [1.807, 2.05) is 29.1 Å². The summed E-state index contributed by atoms with van der Waals surface area (Å²) < 4.78 is 1.88. The number of aryl methyl sites for hydroxylation is 2. The third-order valence-electron chi connectivity index (χ3n) is 6.00. The van der Waals surface area contributed by atoms with Crippen LogP contribution in [0.4, 0.5) is 0 Å². The van der Waals surface area contributed by atoms with Crippen LogP contribution in [0.3, 0.4) is 0 Å². The van der Waals surface area contributed by atoms with Crippen LogP contribution in [-0.4, -0.2) is 31.4 Å². The molecule has 3 heterocycles. The molecule has 9 heteroatoms. The molecular weight excluding hydrogens is 466 g/mol. The first kappa shape index (κ1) is 22.9. The van der Waals surface area contributed by atoms with Crippen molar-refractivity contribution in [2.45, 2.75) is 50.9 Å². The van der Waals surface area contributed by atoms with E-state index in [1.54, 1.807) is 29.3 Å². The second-order valence-corrected chi connectivity index (χ2v) is 10.7. The van der Waals surface area contributed by atoms with E-state index in [-0.39, 0.29) is 11.5 Å². The van der Waals surface area contributed by atoms with Crippen LogP contribution in [0.15, 0.2) is 47.5 Å². The van der Waals surface area contributed by atoms with Crippen LogP contribution in [-0.2, 0) is 36.5 Å². The van der Waals surface area contributed by atoms with Crippen LogP contribution < -0.4 is 10.9 Å². The number of fused-ring (bicyclic) bond motifs is 3. The number of rotatable bonds is 9. The van der Waals surface area contributed by atoms with Gasteiger partial charge in [0, 0.05) is 36.0 Å². The lowest BCUT2D eigenvalue weighted by Gasteiger charge is -2.09.